The van der Waals surface area contributed by atoms with Gasteiger partial charge >= 0.3 is 5.95 Å². The van der Waals surface area contributed by atoms with E-state index in [9.17, 15) is 10.4 Å². The summed E-state index contributed by atoms with van der Waals surface area (Å²) in [7, 11) is 0. The predicted molar refractivity (Wildman–Crippen MR) is 70.1 cm³/mol. The highest BCUT2D eigenvalue weighted by Gasteiger charge is 2.18. The molecule has 0 spiro atoms. The lowest BCUT2D eigenvalue weighted by molar-refractivity contribution is -0.672. The monoisotopic (exact) mass is 264 g/mol. The van der Waals surface area contributed by atoms with Crippen molar-refractivity contribution in [3.8, 4) is 0 Å². The van der Waals surface area contributed by atoms with Gasteiger partial charge in [-0.25, -0.2) is 4.73 Å². The van der Waals surface area contributed by atoms with Crippen LogP contribution >= 0.6 is 0 Å². The predicted octanol–water partition coefficient (Wildman–Crippen LogP) is -1.54. The van der Waals surface area contributed by atoms with E-state index in [1.165, 1.54) is 0 Å². The Morgan fingerprint density at radius 3 is 2.58 bits per heavy atom. The third-order valence-corrected chi connectivity index (χ3v) is 2.59. The lowest BCUT2D eigenvalue weighted by Gasteiger charge is -2.09. The molecule has 4 N–H and O–H groups in total. The van der Waals surface area contributed by atoms with E-state index in [-0.39, 0.29) is 17.0 Å². The average Bonchev–Trinajstić information content (AvgIpc) is 2.44. The number of nitrogens with one attached hydrogen (secondary N) is 2. The number of nitrogens with two attached hydrogens (primary N) is 1. The fourth-order valence-electron chi connectivity index (χ4n) is 1.69. The fraction of sp³-hybridized carbons (Fsp3) is 0.364. The number of aromatic nitrogens is 3. The standard InChI is InChI=1S/C11H16N6O2/c12-5-6-13-7-8-14-11-15-17(19)10-4-2-1-3-9(10)16(11)18/h1-4,13H,5-8,12H2,(H,14,15). The van der Waals surface area contributed by atoms with Crippen molar-refractivity contribution < 1.29 is 9.58 Å². The number of hydrogen-bond acceptors (Lipinski definition) is 6. The van der Waals surface area contributed by atoms with E-state index in [2.05, 4.69) is 15.7 Å². The van der Waals surface area contributed by atoms with Gasteiger partial charge in [-0.15, -0.1) is 0 Å². The van der Waals surface area contributed by atoms with Crippen LogP contribution in [0.15, 0.2) is 24.3 Å². The van der Waals surface area contributed by atoms with Crippen molar-refractivity contribution in [3.63, 3.8) is 0 Å². The molecule has 8 nitrogen and oxygen atoms in total. The zero-order chi connectivity index (χ0) is 13.7. The van der Waals surface area contributed by atoms with Gasteiger partial charge in [-0.05, 0) is 6.07 Å². The molecular formula is C11H16N6O2. The van der Waals surface area contributed by atoms with Crippen LogP contribution in [-0.4, -0.2) is 31.3 Å². The third kappa shape index (κ3) is 2.98. The Morgan fingerprint density at radius 2 is 1.84 bits per heavy atom. The Hall–Kier alpha value is -2.19. The van der Waals surface area contributed by atoms with Gasteiger partial charge in [0.05, 0.1) is 6.54 Å². The summed E-state index contributed by atoms with van der Waals surface area (Å²) in [6.07, 6.45) is 0. The largest absolute Gasteiger partial charge is 0.739 e. The Morgan fingerprint density at radius 1 is 1.11 bits per heavy atom. The smallest absolute Gasteiger partial charge is 0.461 e. The molecule has 2 rings (SSSR count). The molecule has 0 aliphatic heterocycles. The van der Waals surface area contributed by atoms with Gasteiger partial charge < -0.3 is 21.5 Å². The van der Waals surface area contributed by atoms with Crippen molar-refractivity contribution in [1.82, 2.24) is 10.4 Å². The Kier molecular flexibility index (Phi) is 4.26. The maximum atomic E-state index is 12.0. The lowest BCUT2D eigenvalue weighted by atomic mass is 10.3. The number of hydrogen-bond donors (Lipinski definition) is 3. The number of para-hydroxylation sites is 2. The highest BCUT2D eigenvalue weighted by molar-refractivity contribution is 5.67. The molecule has 0 fully saturated rings. The average molecular weight is 264 g/mol. The van der Waals surface area contributed by atoms with Crippen molar-refractivity contribution >= 4 is 17.0 Å². The van der Waals surface area contributed by atoms with Crippen LogP contribution < -0.4 is 25.9 Å². The van der Waals surface area contributed by atoms with Crippen LogP contribution in [0.2, 0.25) is 0 Å². The fourth-order valence-corrected chi connectivity index (χ4v) is 1.69. The number of anilines is 1. The van der Waals surface area contributed by atoms with E-state index in [1.54, 1.807) is 24.3 Å². The van der Waals surface area contributed by atoms with Crippen molar-refractivity contribution in [2.75, 3.05) is 31.5 Å². The molecule has 0 atom stereocenters. The van der Waals surface area contributed by atoms with Crippen molar-refractivity contribution in [2.45, 2.75) is 0 Å². The molecule has 1 aromatic carbocycles. The van der Waals surface area contributed by atoms with Crippen LogP contribution in [-0.2, 0) is 0 Å². The quantitative estimate of drug-likeness (QED) is 0.331. The highest BCUT2D eigenvalue weighted by atomic mass is 16.5. The van der Waals surface area contributed by atoms with Crippen molar-refractivity contribution in [1.29, 1.82) is 0 Å². The van der Waals surface area contributed by atoms with E-state index in [0.29, 0.717) is 35.8 Å². The minimum atomic E-state index is -0.0109. The second kappa shape index (κ2) is 6.12. The second-order valence-corrected chi connectivity index (χ2v) is 3.95. The Balaban J connectivity index is 2.13. The maximum absolute atomic E-state index is 12.0. The number of nitrogens with zero attached hydrogens (tertiary/aromatic N) is 3. The number of fused-ring (bicyclic) bond motifs is 1. The second-order valence-electron chi connectivity index (χ2n) is 3.95. The molecule has 0 saturated carbocycles. The summed E-state index contributed by atoms with van der Waals surface area (Å²) in [5.41, 5.74) is 5.86. The molecule has 102 valence electrons. The summed E-state index contributed by atoms with van der Waals surface area (Å²) in [6, 6.07) is 6.51. The molecule has 19 heavy (non-hydrogen) atoms. The van der Waals surface area contributed by atoms with Gasteiger partial charge in [-0.2, -0.15) is 0 Å². The zero-order valence-electron chi connectivity index (χ0n) is 10.4. The summed E-state index contributed by atoms with van der Waals surface area (Å²) in [4.78, 5) is 0.444. The van der Waals surface area contributed by atoms with Crippen LogP contribution in [0.5, 0.6) is 0 Å². The first-order valence-corrected chi connectivity index (χ1v) is 6.01. The first-order chi connectivity index (χ1) is 9.24. The molecule has 0 saturated heterocycles. The van der Waals surface area contributed by atoms with E-state index in [0.717, 1.165) is 0 Å². The van der Waals surface area contributed by atoms with E-state index < -0.39 is 0 Å². The van der Waals surface area contributed by atoms with Gasteiger partial charge in [-0.3, -0.25) is 5.32 Å². The summed E-state index contributed by atoms with van der Waals surface area (Å²) in [5.74, 6) is -0.0109. The number of benzene rings is 1. The minimum Gasteiger partial charge on any atom is -0.739 e. The van der Waals surface area contributed by atoms with Gasteiger partial charge in [0.15, 0.2) is 5.52 Å². The SMILES string of the molecule is NCCNCCNc1n[n+]([O-])c2ccccc2[n+]1[O-]. The maximum Gasteiger partial charge on any atom is 0.461 e. The topological polar surface area (TPSA) is 117 Å². The van der Waals surface area contributed by atoms with Gasteiger partial charge in [0.1, 0.15) is 0 Å². The minimum absolute atomic E-state index is 0.0109. The summed E-state index contributed by atoms with van der Waals surface area (Å²) < 4.78 is 0.618. The first kappa shape index (κ1) is 13.2. The summed E-state index contributed by atoms with van der Waals surface area (Å²) in [6.45, 7) is 2.36. The van der Waals surface area contributed by atoms with Crippen LogP contribution in [0.1, 0.15) is 0 Å². The molecule has 0 amide bonds. The molecular weight excluding hydrogens is 248 g/mol. The molecule has 0 aliphatic carbocycles. The zero-order valence-corrected chi connectivity index (χ0v) is 10.4. The van der Waals surface area contributed by atoms with Gasteiger partial charge in [0.25, 0.3) is 5.52 Å². The molecule has 0 aliphatic rings. The van der Waals surface area contributed by atoms with Crippen LogP contribution in [0.25, 0.3) is 11.0 Å². The molecule has 2 aromatic rings. The summed E-state index contributed by atoms with van der Waals surface area (Å²) in [5, 5.41) is 33.2. The van der Waals surface area contributed by atoms with Gasteiger partial charge in [0, 0.05) is 30.5 Å². The first-order valence-electron chi connectivity index (χ1n) is 6.01. The van der Waals surface area contributed by atoms with Crippen molar-refractivity contribution in [3.05, 3.63) is 34.7 Å². The highest BCUT2D eigenvalue weighted by Crippen LogP contribution is 2.04. The van der Waals surface area contributed by atoms with Crippen LogP contribution in [0.4, 0.5) is 5.95 Å². The lowest BCUT2D eigenvalue weighted by Crippen LogP contribution is -2.44. The van der Waals surface area contributed by atoms with Crippen LogP contribution in [0.3, 0.4) is 0 Å². The van der Waals surface area contributed by atoms with Gasteiger partial charge in [0.2, 0.25) is 5.10 Å². The molecule has 1 aromatic heterocycles. The van der Waals surface area contributed by atoms with Gasteiger partial charge in [-0.1, -0.05) is 12.1 Å². The molecule has 0 bridgehead atoms. The molecule has 0 unspecified atom stereocenters. The van der Waals surface area contributed by atoms with E-state index in [4.69, 9.17) is 5.73 Å². The summed E-state index contributed by atoms with van der Waals surface area (Å²) >= 11 is 0. The van der Waals surface area contributed by atoms with E-state index in [1.807, 2.05) is 0 Å². The van der Waals surface area contributed by atoms with E-state index >= 15 is 0 Å². The molecule has 1 heterocycles. The van der Waals surface area contributed by atoms with Crippen LogP contribution in [0, 0.1) is 10.4 Å². The normalized spacial score (nSPS) is 10.8. The third-order valence-electron chi connectivity index (χ3n) is 2.59. The Bertz CT molecular complexity index is 562. The molecule has 8 heteroatoms. The number of rotatable bonds is 6. The molecule has 0 radical (unpaired) electrons. The van der Waals surface area contributed by atoms with Crippen molar-refractivity contribution in [2.24, 2.45) is 5.73 Å². The Labute approximate surface area is 110 Å².